The number of amides is 1. The Hall–Kier alpha value is -2.40. The van der Waals surface area contributed by atoms with Crippen LogP contribution in [0.2, 0.25) is 0 Å². The Labute approximate surface area is 142 Å². The summed E-state index contributed by atoms with van der Waals surface area (Å²) in [5.74, 6) is -1.05. The Morgan fingerprint density at radius 2 is 1.83 bits per heavy atom. The fourth-order valence-corrected chi connectivity index (χ4v) is 2.83. The second-order valence-corrected chi connectivity index (χ2v) is 5.70. The first-order valence-corrected chi connectivity index (χ1v) is 8.32. The fourth-order valence-electron chi connectivity index (χ4n) is 2.83. The number of hydrogen-bond donors (Lipinski definition) is 2. The Balaban J connectivity index is 2.18. The van der Waals surface area contributed by atoms with Gasteiger partial charge in [-0.15, -0.1) is 0 Å². The van der Waals surface area contributed by atoms with E-state index in [2.05, 4.69) is 5.32 Å². The SMILES string of the molecule is CCCC(NCC(=O)N(CC)c1cccc2ccccc12)C(=O)O. The topological polar surface area (TPSA) is 69.6 Å². The Morgan fingerprint density at radius 3 is 2.50 bits per heavy atom. The summed E-state index contributed by atoms with van der Waals surface area (Å²) in [5, 5.41) is 14.1. The number of nitrogens with zero attached hydrogens (tertiary/aromatic N) is 1. The van der Waals surface area contributed by atoms with Crippen LogP contribution in [0.3, 0.4) is 0 Å². The molecular weight excluding hydrogens is 304 g/mol. The molecule has 0 aliphatic carbocycles. The summed E-state index contributed by atoms with van der Waals surface area (Å²) in [4.78, 5) is 25.5. The van der Waals surface area contributed by atoms with Crippen LogP contribution in [0.1, 0.15) is 26.7 Å². The number of fused-ring (bicyclic) bond motifs is 1. The van der Waals surface area contributed by atoms with Crippen LogP contribution < -0.4 is 10.2 Å². The lowest BCUT2D eigenvalue weighted by atomic mass is 10.1. The van der Waals surface area contributed by atoms with Gasteiger partial charge in [-0.05, 0) is 24.8 Å². The molecule has 24 heavy (non-hydrogen) atoms. The van der Waals surface area contributed by atoms with Crippen molar-refractivity contribution in [3.63, 3.8) is 0 Å². The minimum atomic E-state index is -0.919. The summed E-state index contributed by atoms with van der Waals surface area (Å²) in [6, 6.07) is 13.1. The third-order valence-electron chi connectivity index (χ3n) is 4.05. The second-order valence-electron chi connectivity index (χ2n) is 5.70. The van der Waals surface area contributed by atoms with Gasteiger partial charge in [0.25, 0.3) is 0 Å². The Bertz CT molecular complexity index is 709. The molecule has 0 radical (unpaired) electrons. The van der Waals surface area contributed by atoms with Gasteiger partial charge in [-0.25, -0.2) is 0 Å². The normalized spacial score (nSPS) is 12.1. The molecule has 0 fully saturated rings. The van der Waals surface area contributed by atoms with Gasteiger partial charge in [0.15, 0.2) is 0 Å². The first-order chi connectivity index (χ1) is 11.6. The predicted molar refractivity (Wildman–Crippen MR) is 96.3 cm³/mol. The number of hydrogen-bond acceptors (Lipinski definition) is 3. The van der Waals surface area contributed by atoms with E-state index in [4.69, 9.17) is 0 Å². The predicted octanol–water partition coefficient (Wildman–Crippen LogP) is 3.04. The number of carboxylic acid groups (broad SMARTS) is 1. The highest BCUT2D eigenvalue weighted by molar-refractivity contribution is 6.04. The smallest absolute Gasteiger partial charge is 0.320 e. The molecular formula is C19H24N2O3. The number of benzene rings is 2. The molecule has 2 N–H and O–H groups in total. The van der Waals surface area contributed by atoms with Crippen LogP contribution in [0, 0.1) is 0 Å². The van der Waals surface area contributed by atoms with Gasteiger partial charge in [-0.1, -0.05) is 49.7 Å². The van der Waals surface area contributed by atoms with E-state index in [0.717, 1.165) is 22.9 Å². The van der Waals surface area contributed by atoms with Crippen LogP contribution in [0.4, 0.5) is 5.69 Å². The number of carbonyl (C=O) groups is 2. The lowest BCUT2D eigenvalue weighted by Crippen LogP contribution is -2.44. The number of anilines is 1. The maximum absolute atomic E-state index is 12.6. The third-order valence-corrected chi connectivity index (χ3v) is 4.05. The zero-order chi connectivity index (χ0) is 17.5. The molecule has 128 valence electrons. The monoisotopic (exact) mass is 328 g/mol. The molecule has 2 aromatic rings. The summed E-state index contributed by atoms with van der Waals surface area (Å²) in [7, 11) is 0. The largest absolute Gasteiger partial charge is 0.480 e. The van der Waals surface area contributed by atoms with Crippen molar-refractivity contribution < 1.29 is 14.7 Å². The van der Waals surface area contributed by atoms with E-state index < -0.39 is 12.0 Å². The van der Waals surface area contributed by atoms with Gasteiger partial charge in [0.1, 0.15) is 6.04 Å². The molecule has 0 spiro atoms. The highest BCUT2D eigenvalue weighted by Crippen LogP contribution is 2.26. The molecule has 1 unspecified atom stereocenters. The summed E-state index contributed by atoms with van der Waals surface area (Å²) in [6.45, 7) is 4.38. The third kappa shape index (κ3) is 4.11. The standard InChI is InChI=1S/C19H24N2O3/c1-3-8-16(19(23)24)20-13-18(22)21(4-2)17-12-7-10-14-9-5-6-11-15(14)17/h5-7,9-12,16,20H,3-4,8,13H2,1-2H3,(H,23,24). The summed E-state index contributed by atoms with van der Waals surface area (Å²) in [6.07, 6.45) is 1.25. The molecule has 0 saturated carbocycles. The minimum absolute atomic E-state index is 0.00796. The fraction of sp³-hybridized carbons (Fsp3) is 0.368. The Morgan fingerprint density at radius 1 is 1.12 bits per heavy atom. The van der Waals surface area contributed by atoms with Crippen molar-refractivity contribution in [2.75, 3.05) is 18.0 Å². The van der Waals surface area contributed by atoms with Crippen LogP contribution >= 0.6 is 0 Å². The van der Waals surface area contributed by atoms with Gasteiger partial charge < -0.3 is 10.0 Å². The molecule has 2 rings (SSSR count). The molecule has 1 amide bonds. The van der Waals surface area contributed by atoms with Gasteiger partial charge in [-0.2, -0.15) is 0 Å². The second kappa shape index (κ2) is 8.45. The van der Waals surface area contributed by atoms with Gasteiger partial charge in [0.2, 0.25) is 5.91 Å². The molecule has 0 bridgehead atoms. The lowest BCUT2D eigenvalue weighted by Gasteiger charge is -2.24. The molecule has 0 aliphatic heterocycles. The molecule has 0 saturated heterocycles. The number of carbonyl (C=O) groups excluding carboxylic acids is 1. The summed E-state index contributed by atoms with van der Waals surface area (Å²) < 4.78 is 0. The summed E-state index contributed by atoms with van der Waals surface area (Å²) in [5.41, 5.74) is 0.852. The van der Waals surface area contributed by atoms with E-state index in [1.807, 2.05) is 56.3 Å². The zero-order valence-electron chi connectivity index (χ0n) is 14.2. The molecule has 5 nitrogen and oxygen atoms in total. The molecule has 0 aromatic heterocycles. The van der Waals surface area contributed by atoms with Crippen molar-refractivity contribution >= 4 is 28.3 Å². The van der Waals surface area contributed by atoms with E-state index in [1.54, 1.807) is 4.90 Å². The zero-order valence-corrected chi connectivity index (χ0v) is 14.2. The highest BCUT2D eigenvalue weighted by atomic mass is 16.4. The van der Waals surface area contributed by atoms with E-state index in [9.17, 15) is 14.7 Å². The highest BCUT2D eigenvalue weighted by Gasteiger charge is 2.20. The van der Waals surface area contributed by atoms with Crippen molar-refractivity contribution in [1.29, 1.82) is 0 Å². The average molecular weight is 328 g/mol. The van der Waals surface area contributed by atoms with Gasteiger partial charge in [0.05, 0.1) is 12.2 Å². The Kier molecular flexibility index (Phi) is 6.32. The summed E-state index contributed by atoms with van der Waals surface area (Å²) >= 11 is 0. The number of rotatable bonds is 8. The quantitative estimate of drug-likeness (QED) is 0.781. The number of nitrogens with one attached hydrogen (secondary N) is 1. The number of carboxylic acids is 1. The van der Waals surface area contributed by atoms with Crippen molar-refractivity contribution in [1.82, 2.24) is 5.32 Å². The molecule has 0 aliphatic rings. The van der Waals surface area contributed by atoms with Crippen molar-refractivity contribution in [2.45, 2.75) is 32.7 Å². The van der Waals surface area contributed by atoms with Crippen molar-refractivity contribution in [3.05, 3.63) is 42.5 Å². The van der Waals surface area contributed by atoms with Crippen LogP contribution in [0.25, 0.3) is 10.8 Å². The first kappa shape index (κ1) is 17.9. The molecule has 0 heterocycles. The van der Waals surface area contributed by atoms with Gasteiger partial charge in [-0.3, -0.25) is 14.9 Å². The van der Waals surface area contributed by atoms with Crippen LogP contribution in [-0.2, 0) is 9.59 Å². The lowest BCUT2D eigenvalue weighted by molar-refractivity contribution is -0.139. The number of aliphatic carboxylic acids is 1. The maximum Gasteiger partial charge on any atom is 0.320 e. The average Bonchev–Trinajstić information content (AvgIpc) is 2.59. The van der Waals surface area contributed by atoms with Crippen LogP contribution in [0.15, 0.2) is 42.5 Å². The first-order valence-electron chi connectivity index (χ1n) is 8.32. The van der Waals surface area contributed by atoms with E-state index in [-0.39, 0.29) is 12.5 Å². The van der Waals surface area contributed by atoms with Crippen LogP contribution in [-0.4, -0.2) is 36.1 Å². The van der Waals surface area contributed by atoms with Gasteiger partial charge >= 0.3 is 5.97 Å². The minimum Gasteiger partial charge on any atom is -0.480 e. The molecule has 5 heteroatoms. The van der Waals surface area contributed by atoms with E-state index >= 15 is 0 Å². The number of likely N-dealkylation sites (N-methyl/N-ethyl adjacent to an activating group) is 1. The van der Waals surface area contributed by atoms with E-state index in [0.29, 0.717) is 13.0 Å². The van der Waals surface area contributed by atoms with E-state index in [1.165, 1.54) is 0 Å². The molecule has 1 atom stereocenters. The van der Waals surface area contributed by atoms with Crippen molar-refractivity contribution in [2.24, 2.45) is 0 Å². The maximum atomic E-state index is 12.6. The molecule has 2 aromatic carbocycles. The van der Waals surface area contributed by atoms with Crippen molar-refractivity contribution in [3.8, 4) is 0 Å². The van der Waals surface area contributed by atoms with Gasteiger partial charge in [0, 0.05) is 11.9 Å². The van der Waals surface area contributed by atoms with Crippen LogP contribution in [0.5, 0.6) is 0 Å².